The Morgan fingerprint density at radius 1 is 1.40 bits per heavy atom. The average molecular weight is 287 g/mol. The molecule has 6 heteroatoms. The SMILES string of the molecule is CCCOc1ccc(NC(=O)C2CC2)cc1C(F)(F)F. The first-order valence-electron chi connectivity index (χ1n) is 6.56. The number of ether oxygens (including phenoxy) is 1. The molecule has 0 atom stereocenters. The van der Waals surface area contributed by atoms with Gasteiger partial charge in [0, 0.05) is 11.6 Å². The summed E-state index contributed by atoms with van der Waals surface area (Å²) in [5.41, 5.74) is -0.711. The second-order valence-electron chi connectivity index (χ2n) is 4.82. The van der Waals surface area contributed by atoms with Gasteiger partial charge in [0.25, 0.3) is 0 Å². The first-order chi connectivity index (χ1) is 9.41. The molecule has 0 radical (unpaired) electrons. The van der Waals surface area contributed by atoms with Crippen molar-refractivity contribution in [2.45, 2.75) is 32.4 Å². The summed E-state index contributed by atoms with van der Waals surface area (Å²) in [4.78, 5) is 11.6. The normalized spacial score (nSPS) is 15.0. The molecule has 1 amide bonds. The van der Waals surface area contributed by atoms with Gasteiger partial charge in [0.1, 0.15) is 5.75 Å². The lowest BCUT2D eigenvalue weighted by Gasteiger charge is -2.15. The number of rotatable bonds is 5. The molecule has 0 spiro atoms. The Balaban J connectivity index is 2.20. The van der Waals surface area contributed by atoms with E-state index in [1.807, 2.05) is 6.92 Å². The van der Waals surface area contributed by atoms with Gasteiger partial charge in [-0.3, -0.25) is 4.79 Å². The Bertz CT molecular complexity index is 496. The van der Waals surface area contributed by atoms with E-state index in [4.69, 9.17) is 4.74 Å². The zero-order valence-corrected chi connectivity index (χ0v) is 11.1. The highest BCUT2D eigenvalue weighted by Gasteiger charge is 2.35. The molecule has 20 heavy (non-hydrogen) atoms. The number of halogens is 3. The van der Waals surface area contributed by atoms with Crippen LogP contribution in [0.2, 0.25) is 0 Å². The molecule has 0 unspecified atom stereocenters. The van der Waals surface area contributed by atoms with Crippen molar-refractivity contribution < 1.29 is 22.7 Å². The minimum absolute atomic E-state index is 0.0552. The summed E-state index contributed by atoms with van der Waals surface area (Å²) < 4.78 is 44.0. The van der Waals surface area contributed by atoms with Crippen LogP contribution in [0, 0.1) is 5.92 Å². The molecule has 1 aromatic carbocycles. The standard InChI is InChI=1S/C14H16F3NO2/c1-2-7-20-12-6-5-10(8-11(12)14(15,16)17)18-13(19)9-3-4-9/h5-6,8-9H,2-4,7H2,1H3,(H,18,19). The van der Waals surface area contributed by atoms with E-state index in [0.717, 1.165) is 18.9 Å². The third kappa shape index (κ3) is 3.65. The van der Waals surface area contributed by atoms with Gasteiger partial charge in [-0.1, -0.05) is 6.92 Å². The van der Waals surface area contributed by atoms with Gasteiger partial charge in [0.05, 0.1) is 12.2 Å². The maximum absolute atomic E-state index is 13.0. The zero-order valence-electron chi connectivity index (χ0n) is 11.1. The lowest BCUT2D eigenvalue weighted by atomic mass is 10.1. The number of alkyl halides is 3. The highest BCUT2D eigenvalue weighted by molar-refractivity contribution is 5.94. The maximum Gasteiger partial charge on any atom is 0.420 e. The van der Waals surface area contributed by atoms with Gasteiger partial charge in [-0.25, -0.2) is 0 Å². The lowest BCUT2D eigenvalue weighted by molar-refractivity contribution is -0.139. The number of benzene rings is 1. The van der Waals surface area contributed by atoms with Gasteiger partial charge >= 0.3 is 6.18 Å². The molecule has 110 valence electrons. The third-order valence-electron chi connectivity index (χ3n) is 2.96. The van der Waals surface area contributed by atoms with Gasteiger partial charge in [-0.05, 0) is 37.5 Å². The van der Waals surface area contributed by atoms with Gasteiger partial charge < -0.3 is 10.1 Å². The molecule has 0 aliphatic heterocycles. The Kier molecular flexibility index (Phi) is 4.20. The molecule has 0 bridgehead atoms. The summed E-state index contributed by atoms with van der Waals surface area (Å²) in [5.74, 6) is -0.482. The fraction of sp³-hybridized carbons (Fsp3) is 0.500. The topological polar surface area (TPSA) is 38.3 Å². The van der Waals surface area contributed by atoms with E-state index < -0.39 is 11.7 Å². The summed E-state index contributed by atoms with van der Waals surface area (Å²) in [6, 6.07) is 3.60. The third-order valence-corrected chi connectivity index (χ3v) is 2.96. The monoisotopic (exact) mass is 287 g/mol. The molecule has 3 nitrogen and oxygen atoms in total. The average Bonchev–Trinajstić information content (AvgIpc) is 3.20. The Labute approximate surface area is 115 Å². The van der Waals surface area contributed by atoms with Crippen molar-refractivity contribution >= 4 is 11.6 Å². The highest BCUT2D eigenvalue weighted by atomic mass is 19.4. The molecule has 1 N–H and O–H groups in total. The molecule has 1 aromatic rings. The first kappa shape index (κ1) is 14.7. The number of carbonyl (C=O) groups excluding carboxylic acids is 1. The molecule has 0 saturated heterocycles. The minimum atomic E-state index is -4.51. The Morgan fingerprint density at radius 2 is 2.10 bits per heavy atom. The van der Waals surface area contributed by atoms with Gasteiger partial charge in [-0.15, -0.1) is 0 Å². The van der Waals surface area contributed by atoms with Crippen molar-refractivity contribution in [1.82, 2.24) is 0 Å². The van der Waals surface area contributed by atoms with E-state index in [1.165, 1.54) is 12.1 Å². The van der Waals surface area contributed by atoms with Crippen LogP contribution in [0.5, 0.6) is 5.75 Å². The molecule has 1 fully saturated rings. The van der Waals surface area contributed by atoms with E-state index in [1.54, 1.807) is 0 Å². The largest absolute Gasteiger partial charge is 0.493 e. The number of hydrogen-bond donors (Lipinski definition) is 1. The molecule has 0 aromatic heterocycles. The van der Waals surface area contributed by atoms with Gasteiger partial charge in [0.2, 0.25) is 5.91 Å². The van der Waals surface area contributed by atoms with Gasteiger partial charge in [-0.2, -0.15) is 13.2 Å². The van der Waals surface area contributed by atoms with Crippen molar-refractivity contribution in [2.75, 3.05) is 11.9 Å². The van der Waals surface area contributed by atoms with Crippen LogP contribution in [0.4, 0.5) is 18.9 Å². The highest BCUT2D eigenvalue weighted by Crippen LogP contribution is 2.38. The number of anilines is 1. The van der Waals surface area contributed by atoms with Crippen LogP contribution in [0.25, 0.3) is 0 Å². The summed E-state index contributed by atoms with van der Waals surface area (Å²) in [6.07, 6.45) is -2.29. The quantitative estimate of drug-likeness (QED) is 0.893. The van der Waals surface area contributed by atoms with E-state index >= 15 is 0 Å². The second kappa shape index (κ2) is 5.73. The van der Waals surface area contributed by atoms with Crippen LogP contribution in [-0.4, -0.2) is 12.5 Å². The predicted molar refractivity (Wildman–Crippen MR) is 68.6 cm³/mol. The molecular weight excluding hydrogens is 271 g/mol. The first-order valence-corrected chi connectivity index (χ1v) is 6.56. The van der Waals surface area contributed by atoms with E-state index in [2.05, 4.69) is 5.32 Å². The van der Waals surface area contributed by atoms with Crippen molar-refractivity contribution in [3.05, 3.63) is 23.8 Å². The number of amides is 1. The zero-order chi connectivity index (χ0) is 14.8. The molecule has 1 saturated carbocycles. The Hall–Kier alpha value is -1.72. The van der Waals surface area contributed by atoms with E-state index in [0.29, 0.717) is 6.42 Å². The number of carbonyl (C=O) groups is 1. The van der Waals surface area contributed by atoms with E-state index in [9.17, 15) is 18.0 Å². The summed E-state index contributed by atoms with van der Waals surface area (Å²) in [6.45, 7) is 2.04. The summed E-state index contributed by atoms with van der Waals surface area (Å²) in [7, 11) is 0. The summed E-state index contributed by atoms with van der Waals surface area (Å²) in [5, 5.41) is 2.51. The van der Waals surface area contributed by atoms with Crippen LogP contribution >= 0.6 is 0 Å². The van der Waals surface area contributed by atoms with Crippen LogP contribution in [0.15, 0.2) is 18.2 Å². The van der Waals surface area contributed by atoms with Crippen molar-refractivity contribution in [3.63, 3.8) is 0 Å². The lowest BCUT2D eigenvalue weighted by Crippen LogP contribution is -2.15. The van der Waals surface area contributed by atoms with Crippen LogP contribution in [0.1, 0.15) is 31.7 Å². The van der Waals surface area contributed by atoms with Crippen molar-refractivity contribution in [2.24, 2.45) is 5.92 Å². The fourth-order valence-corrected chi connectivity index (χ4v) is 1.76. The number of nitrogens with one attached hydrogen (secondary N) is 1. The molecule has 1 aliphatic carbocycles. The van der Waals surface area contributed by atoms with Gasteiger partial charge in [0.15, 0.2) is 0 Å². The van der Waals surface area contributed by atoms with Crippen LogP contribution in [0.3, 0.4) is 0 Å². The van der Waals surface area contributed by atoms with Crippen molar-refractivity contribution in [3.8, 4) is 5.75 Å². The van der Waals surface area contributed by atoms with Crippen LogP contribution < -0.4 is 10.1 Å². The second-order valence-corrected chi connectivity index (χ2v) is 4.82. The van der Waals surface area contributed by atoms with E-state index in [-0.39, 0.29) is 29.9 Å². The predicted octanol–water partition coefficient (Wildman–Crippen LogP) is 3.84. The van der Waals surface area contributed by atoms with Crippen LogP contribution in [-0.2, 0) is 11.0 Å². The molecule has 2 rings (SSSR count). The molecule has 1 aliphatic rings. The summed E-state index contributed by atoms with van der Waals surface area (Å²) >= 11 is 0. The fourth-order valence-electron chi connectivity index (χ4n) is 1.76. The molecule has 0 heterocycles. The molecular formula is C14H16F3NO2. The minimum Gasteiger partial charge on any atom is -0.493 e. The maximum atomic E-state index is 13.0. The Morgan fingerprint density at radius 3 is 2.65 bits per heavy atom. The number of hydrogen-bond acceptors (Lipinski definition) is 2. The smallest absolute Gasteiger partial charge is 0.420 e. The van der Waals surface area contributed by atoms with Crippen molar-refractivity contribution in [1.29, 1.82) is 0 Å².